The normalized spacial score (nSPS) is 11.2. The van der Waals surface area contributed by atoms with Crippen molar-refractivity contribution < 1.29 is 14.1 Å². The van der Waals surface area contributed by atoms with E-state index in [0.29, 0.717) is 5.76 Å². The standard InChI is InChI=1S/C20H25N5O3/c1-6-7-25-13(2)8-16(15(25)4)10-17(11-21)20(27)24(5)12-19(26)22-18-9-14(3)28-23-18/h8-10H,6-7,12H2,1-5H3,(H,22,23,26)/b17-10+. The quantitative estimate of drug-likeness (QED) is 0.585. The Morgan fingerprint density at radius 1 is 1.36 bits per heavy atom. The molecule has 0 atom stereocenters. The molecule has 0 aromatic carbocycles. The number of nitrogens with one attached hydrogen (secondary N) is 1. The summed E-state index contributed by atoms with van der Waals surface area (Å²) in [6, 6.07) is 5.48. The second-order valence-corrected chi connectivity index (χ2v) is 6.68. The van der Waals surface area contributed by atoms with Gasteiger partial charge in [0.2, 0.25) is 5.91 Å². The van der Waals surface area contributed by atoms with Gasteiger partial charge in [-0.25, -0.2) is 0 Å². The summed E-state index contributed by atoms with van der Waals surface area (Å²) >= 11 is 0. The van der Waals surface area contributed by atoms with Crippen molar-refractivity contribution in [3.05, 3.63) is 40.4 Å². The molecule has 8 nitrogen and oxygen atoms in total. The summed E-state index contributed by atoms with van der Waals surface area (Å²) in [6.45, 7) is 8.43. The van der Waals surface area contributed by atoms with Crippen LogP contribution in [0.1, 0.15) is 36.1 Å². The van der Waals surface area contributed by atoms with Crippen LogP contribution >= 0.6 is 0 Å². The molecule has 2 aromatic rings. The van der Waals surface area contributed by atoms with Gasteiger partial charge >= 0.3 is 0 Å². The molecule has 28 heavy (non-hydrogen) atoms. The first-order valence-corrected chi connectivity index (χ1v) is 9.04. The Kier molecular flexibility index (Phi) is 6.77. The van der Waals surface area contributed by atoms with Crippen molar-refractivity contribution >= 4 is 23.7 Å². The van der Waals surface area contributed by atoms with Crippen molar-refractivity contribution in [2.75, 3.05) is 18.9 Å². The zero-order chi connectivity index (χ0) is 20.8. The number of carbonyl (C=O) groups is 2. The Balaban J connectivity index is 2.12. The summed E-state index contributed by atoms with van der Waals surface area (Å²) in [5.74, 6) is -0.102. The highest BCUT2D eigenvalue weighted by atomic mass is 16.5. The molecule has 0 aliphatic rings. The number of aryl methyl sites for hydroxylation is 2. The number of likely N-dealkylation sites (N-methyl/N-ethyl adjacent to an activating group) is 1. The molecule has 0 spiro atoms. The van der Waals surface area contributed by atoms with Crippen LogP contribution in [0.4, 0.5) is 5.82 Å². The lowest BCUT2D eigenvalue weighted by atomic mass is 10.1. The maximum Gasteiger partial charge on any atom is 0.264 e. The molecule has 0 saturated heterocycles. The summed E-state index contributed by atoms with van der Waals surface area (Å²) in [4.78, 5) is 25.9. The summed E-state index contributed by atoms with van der Waals surface area (Å²) in [6.07, 6.45) is 2.57. The highest BCUT2D eigenvalue weighted by Crippen LogP contribution is 2.19. The molecule has 1 N–H and O–H groups in total. The highest BCUT2D eigenvalue weighted by molar-refractivity contribution is 6.04. The molecule has 8 heteroatoms. The molecule has 0 saturated carbocycles. The van der Waals surface area contributed by atoms with Gasteiger partial charge in [0.1, 0.15) is 17.4 Å². The van der Waals surface area contributed by atoms with E-state index in [1.807, 2.05) is 26.0 Å². The minimum atomic E-state index is -0.519. The first kappa shape index (κ1) is 21.0. The van der Waals surface area contributed by atoms with Gasteiger partial charge in [-0.15, -0.1) is 0 Å². The van der Waals surface area contributed by atoms with Gasteiger partial charge in [0.25, 0.3) is 5.91 Å². The smallest absolute Gasteiger partial charge is 0.264 e. The van der Waals surface area contributed by atoms with Gasteiger partial charge in [-0.2, -0.15) is 5.26 Å². The van der Waals surface area contributed by atoms with E-state index in [9.17, 15) is 14.9 Å². The number of anilines is 1. The Morgan fingerprint density at radius 3 is 2.64 bits per heavy atom. The third-order valence-corrected chi connectivity index (χ3v) is 4.33. The molecule has 0 aliphatic carbocycles. The summed E-state index contributed by atoms with van der Waals surface area (Å²) < 4.78 is 7.04. The maximum atomic E-state index is 12.6. The van der Waals surface area contributed by atoms with Gasteiger partial charge < -0.3 is 19.3 Å². The number of hydrogen-bond donors (Lipinski definition) is 1. The molecule has 148 valence electrons. The van der Waals surface area contributed by atoms with E-state index < -0.39 is 11.8 Å². The van der Waals surface area contributed by atoms with Crippen LogP contribution < -0.4 is 5.32 Å². The Hall–Kier alpha value is -3.34. The predicted octanol–water partition coefficient (Wildman–Crippen LogP) is 2.82. The molecule has 0 fully saturated rings. The number of rotatable bonds is 7. The van der Waals surface area contributed by atoms with Crippen molar-refractivity contribution in [3.8, 4) is 6.07 Å². The van der Waals surface area contributed by atoms with Crippen LogP contribution in [0.5, 0.6) is 0 Å². The number of carbonyl (C=O) groups excluding carboxylic acids is 2. The van der Waals surface area contributed by atoms with Gasteiger partial charge in [-0.05, 0) is 44.9 Å². The zero-order valence-electron chi connectivity index (χ0n) is 16.9. The molecule has 2 aromatic heterocycles. The van der Waals surface area contributed by atoms with Crippen LogP contribution in [0, 0.1) is 32.1 Å². The number of hydrogen-bond acceptors (Lipinski definition) is 5. The highest BCUT2D eigenvalue weighted by Gasteiger charge is 2.19. The second kappa shape index (κ2) is 9.04. The fraction of sp³-hybridized carbons (Fsp3) is 0.400. The van der Waals surface area contributed by atoms with Crippen LogP contribution in [-0.4, -0.2) is 40.0 Å². The SMILES string of the molecule is CCCn1c(C)cc(/C=C(\C#N)C(=O)N(C)CC(=O)Nc2cc(C)on2)c1C. The van der Waals surface area contributed by atoms with Gasteiger partial charge in [0.15, 0.2) is 5.82 Å². The summed E-state index contributed by atoms with van der Waals surface area (Å²) in [7, 11) is 1.47. The van der Waals surface area contributed by atoms with E-state index in [4.69, 9.17) is 4.52 Å². The maximum absolute atomic E-state index is 12.6. The van der Waals surface area contributed by atoms with Gasteiger partial charge in [-0.1, -0.05) is 12.1 Å². The van der Waals surface area contributed by atoms with Crippen molar-refractivity contribution in [3.63, 3.8) is 0 Å². The molecule has 2 rings (SSSR count). The first-order valence-electron chi connectivity index (χ1n) is 9.04. The van der Waals surface area contributed by atoms with Crippen LogP contribution in [0.15, 0.2) is 22.2 Å². The fourth-order valence-corrected chi connectivity index (χ4v) is 2.94. The number of amides is 2. The minimum Gasteiger partial charge on any atom is -0.360 e. The van der Waals surface area contributed by atoms with E-state index in [1.165, 1.54) is 11.9 Å². The molecule has 0 radical (unpaired) electrons. The van der Waals surface area contributed by atoms with E-state index >= 15 is 0 Å². The Morgan fingerprint density at radius 2 is 2.07 bits per heavy atom. The summed E-state index contributed by atoms with van der Waals surface area (Å²) in [5, 5.41) is 15.7. The molecule has 0 bridgehead atoms. The molecule has 0 unspecified atom stereocenters. The Bertz CT molecular complexity index is 946. The molecule has 2 heterocycles. The minimum absolute atomic E-state index is 0.0238. The lowest BCUT2D eigenvalue weighted by Crippen LogP contribution is -2.35. The first-order chi connectivity index (χ1) is 13.3. The molecule has 0 aliphatic heterocycles. The van der Waals surface area contributed by atoms with Crippen LogP contribution in [-0.2, 0) is 16.1 Å². The van der Waals surface area contributed by atoms with Crippen LogP contribution in [0.25, 0.3) is 6.08 Å². The van der Waals surface area contributed by atoms with Crippen LogP contribution in [0.3, 0.4) is 0 Å². The number of nitriles is 1. The topological polar surface area (TPSA) is 104 Å². The van der Waals surface area contributed by atoms with E-state index in [0.717, 1.165) is 29.9 Å². The molecule has 2 amide bonds. The fourth-order valence-electron chi connectivity index (χ4n) is 2.94. The van der Waals surface area contributed by atoms with E-state index in [1.54, 1.807) is 19.1 Å². The van der Waals surface area contributed by atoms with Gasteiger partial charge in [0.05, 0.1) is 6.54 Å². The second-order valence-electron chi connectivity index (χ2n) is 6.68. The lowest BCUT2D eigenvalue weighted by molar-refractivity contribution is -0.129. The monoisotopic (exact) mass is 383 g/mol. The molecular formula is C20H25N5O3. The third-order valence-electron chi connectivity index (χ3n) is 4.33. The van der Waals surface area contributed by atoms with Crippen molar-refractivity contribution in [2.45, 2.75) is 40.7 Å². The largest absolute Gasteiger partial charge is 0.360 e. The van der Waals surface area contributed by atoms with Gasteiger partial charge in [0, 0.05) is 31.0 Å². The Labute approximate surface area is 164 Å². The van der Waals surface area contributed by atoms with Crippen molar-refractivity contribution in [1.82, 2.24) is 14.6 Å². The van der Waals surface area contributed by atoms with Gasteiger partial charge in [-0.3, -0.25) is 9.59 Å². The predicted molar refractivity (Wildman–Crippen MR) is 105 cm³/mol. The van der Waals surface area contributed by atoms with E-state index in [2.05, 4.69) is 22.0 Å². The third kappa shape index (κ3) is 4.88. The summed E-state index contributed by atoms with van der Waals surface area (Å²) in [5.41, 5.74) is 2.88. The average molecular weight is 383 g/mol. The van der Waals surface area contributed by atoms with Crippen molar-refractivity contribution in [2.24, 2.45) is 0 Å². The lowest BCUT2D eigenvalue weighted by Gasteiger charge is -2.15. The number of aromatic nitrogens is 2. The van der Waals surface area contributed by atoms with Crippen molar-refractivity contribution in [1.29, 1.82) is 5.26 Å². The van der Waals surface area contributed by atoms with Crippen LogP contribution in [0.2, 0.25) is 0 Å². The molecular weight excluding hydrogens is 358 g/mol. The van der Waals surface area contributed by atoms with E-state index in [-0.39, 0.29) is 17.9 Å². The zero-order valence-corrected chi connectivity index (χ0v) is 16.9. The number of nitrogens with zero attached hydrogens (tertiary/aromatic N) is 4. The average Bonchev–Trinajstić information content (AvgIpc) is 3.16.